The lowest BCUT2D eigenvalue weighted by Crippen LogP contribution is -2.24. The molecule has 0 unspecified atom stereocenters. The number of nitrogens with one attached hydrogen (secondary N) is 1. The van der Waals surface area contributed by atoms with Crippen LogP contribution < -0.4 is 10.1 Å². The highest BCUT2D eigenvalue weighted by Gasteiger charge is 2.14. The van der Waals surface area contributed by atoms with Crippen LogP contribution in [-0.2, 0) is 6.54 Å². The third-order valence-electron chi connectivity index (χ3n) is 3.16. The van der Waals surface area contributed by atoms with Gasteiger partial charge in [0.2, 0.25) is 0 Å². The molecule has 0 radical (unpaired) electrons. The second-order valence-corrected chi connectivity index (χ2v) is 4.95. The van der Waals surface area contributed by atoms with E-state index in [9.17, 15) is 9.18 Å². The quantitative estimate of drug-likeness (QED) is 0.934. The highest BCUT2D eigenvalue weighted by atomic mass is 35.5. The fraction of sp³-hybridized carbons (Fsp3) is 0.188. The van der Waals surface area contributed by atoms with Crippen LogP contribution >= 0.6 is 11.6 Å². The van der Waals surface area contributed by atoms with Crippen molar-refractivity contribution in [1.29, 1.82) is 0 Å². The summed E-state index contributed by atoms with van der Waals surface area (Å²) in [5.74, 6) is -0.424. The monoisotopic (exact) mass is 307 g/mol. The number of halogens is 2. The van der Waals surface area contributed by atoms with Gasteiger partial charge in [-0.25, -0.2) is 4.39 Å². The predicted octanol–water partition coefficient (Wildman–Crippen LogP) is 3.73. The van der Waals surface area contributed by atoms with E-state index in [0.717, 1.165) is 0 Å². The summed E-state index contributed by atoms with van der Waals surface area (Å²) in [6, 6.07) is 9.92. The van der Waals surface area contributed by atoms with E-state index in [1.807, 2.05) is 0 Å². The molecule has 0 heterocycles. The highest BCUT2D eigenvalue weighted by molar-refractivity contribution is 6.31. The van der Waals surface area contributed by atoms with Crippen LogP contribution in [0.2, 0.25) is 5.02 Å². The highest BCUT2D eigenvalue weighted by Crippen LogP contribution is 2.26. The minimum atomic E-state index is -0.513. The van der Waals surface area contributed by atoms with Crippen molar-refractivity contribution in [2.24, 2.45) is 0 Å². The Balaban J connectivity index is 2.17. The molecule has 2 aromatic carbocycles. The maximum Gasteiger partial charge on any atom is 0.254 e. The minimum absolute atomic E-state index is 0.0148. The average Bonchev–Trinajstić information content (AvgIpc) is 2.48. The normalized spacial score (nSPS) is 10.3. The maximum atomic E-state index is 13.9. The minimum Gasteiger partial charge on any atom is -0.496 e. The summed E-state index contributed by atoms with van der Waals surface area (Å²) in [6.45, 7) is 1.78. The van der Waals surface area contributed by atoms with Crippen LogP contribution in [0.3, 0.4) is 0 Å². The van der Waals surface area contributed by atoms with Gasteiger partial charge in [0, 0.05) is 17.1 Å². The van der Waals surface area contributed by atoms with Crippen molar-refractivity contribution in [2.45, 2.75) is 13.5 Å². The van der Waals surface area contributed by atoms with Gasteiger partial charge in [-0.15, -0.1) is 0 Å². The van der Waals surface area contributed by atoms with E-state index in [4.69, 9.17) is 16.3 Å². The zero-order chi connectivity index (χ0) is 15.4. The van der Waals surface area contributed by atoms with Gasteiger partial charge in [-0.2, -0.15) is 0 Å². The molecular weight excluding hydrogens is 293 g/mol. The number of hydrogen-bond donors (Lipinski definition) is 1. The van der Waals surface area contributed by atoms with E-state index in [1.165, 1.54) is 13.2 Å². The van der Waals surface area contributed by atoms with Gasteiger partial charge >= 0.3 is 0 Å². The molecular formula is C16H15ClFNO2. The third kappa shape index (κ3) is 3.34. The van der Waals surface area contributed by atoms with E-state index in [-0.39, 0.29) is 12.1 Å². The Labute approximate surface area is 127 Å². The van der Waals surface area contributed by atoms with Crippen LogP contribution in [0.1, 0.15) is 21.5 Å². The number of benzene rings is 2. The predicted molar refractivity (Wildman–Crippen MR) is 80.3 cm³/mol. The molecule has 0 aliphatic rings. The van der Waals surface area contributed by atoms with Crippen molar-refractivity contribution < 1.29 is 13.9 Å². The van der Waals surface area contributed by atoms with Crippen LogP contribution in [0.5, 0.6) is 5.75 Å². The molecule has 110 valence electrons. The van der Waals surface area contributed by atoms with Gasteiger partial charge in [-0.1, -0.05) is 29.8 Å². The summed E-state index contributed by atoms with van der Waals surface area (Å²) in [4.78, 5) is 12.1. The molecule has 1 amide bonds. The van der Waals surface area contributed by atoms with E-state index in [0.29, 0.717) is 21.9 Å². The number of hydrogen-bond acceptors (Lipinski definition) is 2. The molecule has 5 heteroatoms. The van der Waals surface area contributed by atoms with Gasteiger partial charge in [-0.3, -0.25) is 4.79 Å². The van der Waals surface area contributed by atoms with E-state index in [2.05, 4.69) is 5.32 Å². The zero-order valence-corrected chi connectivity index (χ0v) is 12.5. The lowest BCUT2D eigenvalue weighted by molar-refractivity contribution is 0.0946. The second kappa shape index (κ2) is 6.59. The maximum absolute atomic E-state index is 13.9. The fourth-order valence-corrected chi connectivity index (χ4v) is 2.22. The van der Waals surface area contributed by atoms with E-state index < -0.39 is 11.7 Å². The molecule has 3 nitrogen and oxygen atoms in total. The fourth-order valence-electron chi connectivity index (χ4n) is 1.99. The van der Waals surface area contributed by atoms with Crippen molar-refractivity contribution >= 4 is 17.5 Å². The number of amides is 1. The molecule has 21 heavy (non-hydrogen) atoms. The van der Waals surface area contributed by atoms with E-state index >= 15 is 0 Å². The molecule has 0 bridgehead atoms. The van der Waals surface area contributed by atoms with Crippen molar-refractivity contribution in [3.63, 3.8) is 0 Å². The van der Waals surface area contributed by atoms with Crippen LogP contribution in [0.15, 0.2) is 36.4 Å². The molecule has 0 aliphatic carbocycles. The molecule has 0 aromatic heterocycles. The number of ether oxygens (including phenoxy) is 1. The molecule has 1 N–H and O–H groups in total. The number of methoxy groups -OCH3 is 1. The number of carbonyl (C=O) groups excluding carboxylic acids is 1. The van der Waals surface area contributed by atoms with Gasteiger partial charge in [0.1, 0.15) is 11.6 Å². The van der Waals surface area contributed by atoms with Gasteiger partial charge in [-0.05, 0) is 30.7 Å². The van der Waals surface area contributed by atoms with Crippen LogP contribution in [0, 0.1) is 12.7 Å². The van der Waals surface area contributed by atoms with Gasteiger partial charge in [0.25, 0.3) is 5.91 Å². The van der Waals surface area contributed by atoms with Crippen molar-refractivity contribution in [2.75, 3.05) is 7.11 Å². The summed E-state index contributed by atoms with van der Waals surface area (Å²) >= 11 is 6.09. The Bertz CT molecular complexity index is 673. The first-order chi connectivity index (χ1) is 10.0. The van der Waals surface area contributed by atoms with Gasteiger partial charge in [0.15, 0.2) is 0 Å². The zero-order valence-electron chi connectivity index (χ0n) is 11.7. The summed E-state index contributed by atoms with van der Waals surface area (Å²) in [6.07, 6.45) is 0. The Hall–Kier alpha value is -2.07. The third-order valence-corrected chi connectivity index (χ3v) is 3.51. The first kappa shape index (κ1) is 15.3. The van der Waals surface area contributed by atoms with Crippen molar-refractivity contribution in [3.05, 3.63) is 63.9 Å². The largest absolute Gasteiger partial charge is 0.496 e. The average molecular weight is 308 g/mol. The van der Waals surface area contributed by atoms with E-state index in [1.54, 1.807) is 37.3 Å². The molecule has 2 rings (SSSR count). The van der Waals surface area contributed by atoms with Crippen LogP contribution in [0.4, 0.5) is 4.39 Å². The van der Waals surface area contributed by atoms with Crippen molar-refractivity contribution in [1.82, 2.24) is 5.32 Å². The Morgan fingerprint density at radius 1 is 1.29 bits per heavy atom. The summed E-state index contributed by atoms with van der Waals surface area (Å²) < 4.78 is 19.1. The molecule has 0 saturated carbocycles. The molecule has 0 aliphatic heterocycles. The molecule has 2 aromatic rings. The number of rotatable bonds is 4. The van der Waals surface area contributed by atoms with Gasteiger partial charge < -0.3 is 10.1 Å². The first-order valence-electron chi connectivity index (χ1n) is 6.39. The topological polar surface area (TPSA) is 38.3 Å². The molecule has 0 saturated heterocycles. The lowest BCUT2D eigenvalue weighted by Gasteiger charge is -2.12. The Morgan fingerprint density at radius 3 is 2.71 bits per heavy atom. The number of carbonyl (C=O) groups is 1. The summed E-state index contributed by atoms with van der Waals surface area (Å²) in [5, 5.41) is 3.14. The standard InChI is InChI=1S/C16H15ClFNO2/c1-10-5-3-6-11(15(10)18)16(20)19-9-12-13(17)7-4-8-14(12)21-2/h3-8H,9H2,1-2H3,(H,19,20). The summed E-state index contributed by atoms with van der Waals surface area (Å²) in [5.41, 5.74) is 1.10. The first-order valence-corrected chi connectivity index (χ1v) is 6.77. The number of aryl methyl sites for hydroxylation is 1. The lowest BCUT2D eigenvalue weighted by atomic mass is 10.1. The molecule has 0 fully saturated rings. The second-order valence-electron chi connectivity index (χ2n) is 4.54. The van der Waals surface area contributed by atoms with Crippen LogP contribution in [0.25, 0.3) is 0 Å². The Kier molecular flexibility index (Phi) is 4.81. The smallest absolute Gasteiger partial charge is 0.254 e. The molecule has 0 spiro atoms. The van der Waals surface area contributed by atoms with Crippen molar-refractivity contribution in [3.8, 4) is 5.75 Å². The summed E-state index contributed by atoms with van der Waals surface area (Å²) in [7, 11) is 1.53. The SMILES string of the molecule is COc1cccc(Cl)c1CNC(=O)c1cccc(C)c1F. The Morgan fingerprint density at radius 2 is 2.00 bits per heavy atom. The van der Waals surface area contributed by atoms with Crippen LogP contribution in [-0.4, -0.2) is 13.0 Å². The van der Waals surface area contributed by atoms with Gasteiger partial charge in [0.05, 0.1) is 12.7 Å². The molecule has 0 atom stereocenters.